The number of hydrogen-bond donors (Lipinski definition) is 1. The molecule has 4 nitrogen and oxygen atoms in total. The van der Waals surface area contributed by atoms with Gasteiger partial charge < -0.3 is 14.8 Å². The Kier molecular flexibility index (Phi) is 4.64. The van der Waals surface area contributed by atoms with Gasteiger partial charge in [-0.05, 0) is 38.3 Å². The molecule has 1 aliphatic rings. The van der Waals surface area contributed by atoms with Gasteiger partial charge in [0.2, 0.25) is 5.95 Å². The second kappa shape index (κ2) is 6.23. The molecule has 1 aromatic rings. The van der Waals surface area contributed by atoms with Crippen LogP contribution in [0, 0.1) is 5.92 Å². The van der Waals surface area contributed by atoms with Crippen LogP contribution in [0.2, 0.25) is 0 Å². The summed E-state index contributed by atoms with van der Waals surface area (Å²) in [6.45, 7) is 8.88. The van der Waals surface area contributed by atoms with Crippen molar-refractivity contribution in [2.45, 2.75) is 33.1 Å². The largest absolute Gasteiger partial charge is 0.342 e. The maximum Gasteiger partial charge on any atom is 0.205 e. The van der Waals surface area contributed by atoms with Crippen molar-refractivity contribution >= 4 is 5.95 Å². The van der Waals surface area contributed by atoms with Gasteiger partial charge in [-0.1, -0.05) is 13.8 Å². The highest BCUT2D eigenvalue weighted by molar-refractivity contribution is 5.33. The summed E-state index contributed by atoms with van der Waals surface area (Å²) in [6.07, 6.45) is 5.73. The molecule has 0 radical (unpaired) electrons. The van der Waals surface area contributed by atoms with Crippen LogP contribution in [0.15, 0.2) is 6.20 Å². The van der Waals surface area contributed by atoms with Crippen LogP contribution in [0.3, 0.4) is 0 Å². The maximum absolute atomic E-state index is 4.71. The predicted octanol–water partition coefficient (Wildman–Crippen LogP) is 1.81. The van der Waals surface area contributed by atoms with Gasteiger partial charge in [-0.25, -0.2) is 4.98 Å². The summed E-state index contributed by atoms with van der Waals surface area (Å²) in [5.74, 6) is 1.99. The Morgan fingerprint density at radius 1 is 1.33 bits per heavy atom. The van der Waals surface area contributed by atoms with E-state index < -0.39 is 0 Å². The van der Waals surface area contributed by atoms with Crippen molar-refractivity contribution in [3.05, 3.63) is 11.9 Å². The molecule has 0 saturated carbocycles. The fraction of sp³-hybridized carbons (Fsp3) is 0.786. The van der Waals surface area contributed by atoms with E-state index in [2.05, 4.69) is 41.9 Å². The number of nitrogens with zero attached hydrogens (tertiary/aromatic N) is 3. The molecule has 0 atom stereocenters. The molecule has 0 bridgehead atoms. The van der Waals surface area contributed by atoms with Crippen molar-refractivity contribution < 1.29 is 0 Å². The number of piperidine rings is 1. The zero-order chi connectivity index (χ0) is 13.0. The lowest BCUT2D eigenvalue weighted by Crippen LogP contribution is -2.38. The second-order valence-corrected chi connectivity index (χ2v) is 5.23. The van der Waals surface area contributed by atoms with E-state index in [9.17, 15) is 0 Å². The van der Waals surface area contributed by atoms with Crippen molar-refractivity contribution in [1.82, 2.24) is 14.9 Å². The Balaban J connectivity index is 1.90. The van der Waals surface area contributed by atoms with Gasteiger partial charge in [-0.2, -0.15) is 0 Å². The minimum atomic E-state index is 0.840. The van der Waals surface area contributed by atoms with Gasteiger partial charge in [0, 0.05) is 26.3 Å². The molecule has 2 rings (SSSR count). The lowest BCUT2D eigenvalue weighted by atomic mass is 9.97. The van der Waals surface area contributed by atoms with Gasteiger partial charge in [0.1, 0.15) is 0 Å². The first kappa shape index (κ1) is 13.4. The molecule has 0 unspecified atom stereocenters. The van der Waals surface area contributed by atoms with Gasteiger partial charge in [0.15, 0.2) is 0 Å². The number of aryl methyl sites for hydroxylation is 2. The van der Waals surface area contributed by atoms with E-state index in [1.165, 1.54) is 25.1 Å². The molecule has 18 heavy (non-hydrogen) atoms. The topological polar surface area (TPSA) is 33.1 Å². The minimum absolute atomic E-state index is 0.840. The number of anilines is 1. The number of hydrogen-bond acceptors (Lipinski definition) is 3. The Bertz CT molecular complexity index is 364. The van der Waals surface area contributed by atoms with Crippen LogP contribution in [0.1, 0.15) is 32.4 Å². The Labute approximate surface area is 110 Å². The zero-order valence-electron chi connectivity index (χ0n) is 11.9. The molecule has 4 heteroatoms. The third kappa shape index (κ3) is 3.05. The van der Waals surface area contributed by atoms with Crippen molar-refractivity contribution in [3.8, 4) is 0 Å². The molecule has 1 saturated heterocycles. The second-order valence-electron chi connectivity index (χ2n) is 5.23. The maximum atomic E-state index is 4.71. The van der Waals surface area contributed by atoms with E-state index in [1.807, 2.05) is 0 Å². The Morgan fingerprint density at radius 2 is 2.06 bits per heavy atom. The minimum Gasteiger partial charge on any atom is -0.342 e. The average Bonchev–Trinajstić information content (AvgIpc) is 2.78. The van der Waals surface area contributed by atoms with Gasteiger partial charge in [0.25, 0.3) is 0 Å². The van der Waals surface area contributed by atoms with E-state index >= 15 is 0 Å². The van der Waals surface area contributed by atoms with E-state index in [4.69, 9.17) is 4.98 Å². The first-order valence-corrected chi connectivity index (χ1v) is 7.22. The number of nitrogens with one attached hydrogen (secondary N) is 1. The van der Waals surface area contributed by atoms with Crippen LogP contribution in [-0.2, 0) is 13.5 Å². The summed E-state index contributed by atoms with van der Waals surface area (Å²) in [4.78, 5) is 7.14. The van der Waals surface area contributed by atoms with Gasteiger partial charge in [0.05, 0.1) is 5.69 Å². The van der Waals surface area contributed by atoms with Crippen molar-refractivity contribution in [2.24, 2.45) is 13.0 Å². The summed E-state index contributed by atoms with van der Waals surface area (Å²) < 4.78 is 2.17. The molecule has 1 N–H and O–H groups in total. The monoisotopic (exact) mass is 250 g/mol. The fourth-order valence-corrected chi connectivity index (χ4v) is 2.67. The third-order valence-electron chi connectivity index (χ3n) is 3.84. The van der Waals surface area contributed by atoms with E-state index in [-0.39, 0.29) is 0 Å². The number of imidazole rings is 1. The van der Waals surface area contributed by atoms with Crippen LogP contribution in [-0.4, -0.2) is 35.7 Å². The molecule has 1 fully saturated rings. The first-order chi connectivity index (χ1) is 8.74. The highest BCUT2D eigenvalue weighted by Crippen LogP contribution is 2.22. The SMILES string of the molecule is CCNCC1CCN(c2nc(CC)cn2C)CC1. The number of aromatic nitrogens is 2. The van der Waals surface area contributed by atoms with E-state index in [0.29, 0.717) is 0 Å². The van der Waals surface area contributed by atoms with Crippen molar-refractivity contribution in [3.63, 3.8) is 0 Å². The highest BCUT2D eigenvalue weighted by atomic mass is 15.3. The average molecular weight is 250 g/mol. The molecule has 2 heterocycles. The molecular formula is C14H26N4. The number of rotatable bonds is 5. The predicted molar refractivity (Wildman–Crippen MR) is 76.1 cm³/mol. The first-order valence-electron chi connectivity index (χ1n) is 7.22. The zero-order valence-corrected chi connectivity index (χ0v) is 11.9. The van der Waals surface area contributed by atoms with Gasteiger partial charge in [-0.3, -0.25) is 0 Å². The van der Waals surface area contributed by atoms with Crippen LogP contribution >= 0.6 is 0 Å². The third-order valence-corrected chi connectivity index (χ3v) is 3.84. The fourth-order valence-electron chi connectivity index (χ4n) is 2.67. The molecule has 0 aliphatic carbocycles. The van der Waals surface area contributed by atoms with Crippen LogP contribution in [0.5, 0.6) is 0 Å². The van der Waals surface area contributed by atoms with Crippen molar-refractivity contribution in [1.29, 1.82) is 0 Å². The van der Waals surface area contributed by atoms with Crippen LogP contribution in [0.4, 0.5) is 5.95 Å². The standard InChI is InChI=1S/C14H26N4/c1-4-13-11-17(3)14(16-13)18-8-6-12(7-9-18)10-15-5-2/h11-12,15H,4-10H2,1-3H3. The highest BCUT2D eigenvalue weighted by Gasteiger charge is 2.21. The molecule has 0 aromatic carbocycles. The molecule has 0 spiro atoms. The van der Waals surface area contributed by atoms with Crippen LogP contribution in [0.25, 0.3) is 0 Å². The van der Waals surface area contributed by atoms with Gasteiger partial charge >= 0.3 is 0 Å². The lowest BCUT2D eigenvalue weighted by Gasteiger charge is -2.32. The van der Waals surface area contributed by atoms with E-state index in [0.717, 1.165) is 37.9 Å². The Hall–Kier alpha value is -1.03. The summed E-state index contributed by atoms with van der Waals surface area (Å²) >= 11 is 0. The molecule has 0 amide bonds. The summed E-state index contributed by atoms with van der Waals surface area (Å²) in [7, 11) is 2.10. The molecule has 102 valence electrons. The lowest BCUT2D eigenvalue weighted by molar-refractivity contribution is 0.383. The summed E-state index contributed by atoms with van der Waals surface area (Å²) in [6, 6.07) is 0. The summed E-state index contributed by atoms with van der Waals surface area (Å²) in [5, 5.41) is 3.46. The molecule has 1 aromatic heterocycles. The normalized spacial score (nSPS) is 17.4. The van der Waals surface area contributed by atoms with Crippen LogP contribution < -0.4 is 10.2 Å². The smallest absolute Gasteiger partial charge is 0.205 e. The molecule has 1 aliphatic heterocycles. The molecular weight excluding hydrogens is 224 g/mol. The van der Waals surface area contributed by atoms with Crippen molar-refractivity contribution in [2.75, 3.05) is 31.1 Å². The van der Waals surface area contributed by atoms with E-state index in [1.54, 1.807) is 0 Å². The quantitative estimate of drug-likeness (QED) is 0.865. The Morgan fingerprint density at radius 3 is 2.61 bits per heavy atom. The summed E-state index contributed by atoms with van der Waals surface area (Å²) in [5.41, 5.74) is 1.20. The van der Waals surface area contributed by atoms with Gasteiger partial charge in [-0.15, -0.1) is 0 Å².